The first-order valence-corrected chi connectivity index (χ1v) is 9.75. The largest absolute Gasteiger partial charge is 0.469 e. The third-order valence-electron chi connectivity index (χ3n) is 4.47. The fourth-order valence-electron chi connectivity index (χ4n) is 2.64. The number of fused-ring (bicyclic) bond motifs is 1. The van der Waals surface area contributed by atoms with Gasteiger partial charge in [0.25, 0.3) is 0 Å². The maximum atomic E-state index is 12.5. The topological polar surface area (TPSA) is 72.6 Å². The highest BCUT2D eigenvalue weighted by atomic mass is 32.1. The van der Waals surface area contributed by atoms with Crippen LogP contribution >= 0.6 is 11.3 Å². The van der Waals surface area contributed by atoms with E-state index in [1.807, 2.05) is 31.2 Å². The van der Waals surface area contributed by atoms with E-state index in [0.717, 1.165) is 15.2 Å². The number of furan rings is 1. The van der Waals surface area contributed by atoms with Crippen molar-refractivity contribution in [2.24, 2.45) is 0 Å². The molecule has 7 heteroatoms. The van der Waals surface area contributed by atoms with Crippen LogP contribution in [0.5, 0.6) is 0 Å². The van der Waals surface area contributed by atoms with E-state index in [1.54, 1.807) is 41.5 Å². The summed E-state index contributed by atoms with van der Waals surface area (Å²) in [6, 6.07) is 11.4. The lowest BCUT2D eigenvalue weighted by molar-refractivity contribution is -0.140. The lowest BCUT2D eigenvalue weighted by Gasteiger charge is -2.21. The molecule has 0 radical (unpaired) electrons. The molecule has 28 heavy (non-hydrogen) atoms. The zero-order chi connectivity index (χ0) is 20.1. The van der Waals surface area contributed by atoms with Gasteiger partial charge in [-0.25, -0.2) is 4.98 Å². The van der Waals surface area contributed by atoms with E-state index in [0.29, 0.717) is 17.9 Å². The van der Waals surface area contributed by atoms with Crippen molar-refractivity contribution in [2.45, 2.75) is 25.8 Å². The Balaban J connectivity index is 1.61. The molecule has 1 atom stereocenters. The SMILES string of the molecule is COC(=O)CCc1ccc(/C=C/C(=O)N(C)[C@@H](C)c2nc3ccccc3s2)o1. The minimum absolute atomic E-state index is 0.137. The quantitative estimate of drug-likeness (QED) is 0.440. The normalized spacial score (nSPS) is 12.4. The molecular weight excluding hydrogens is 376 g/mol. The number of hydrogen-bond acceptors (Lipinski definition) is 6. The molecule has 0 saturated heterocycles. The predicted octanol–water partition coefficient (Wildman–Crippen LogP) is 4.23. The van der Waals surface area contributed by atoms with Crippen LogP contribution in [0.3, 0.4) is 0 Å². The van der Waals surface area contributed by atoms with Crippen LogP contribution < -0.4 is 0 Å². The molecule has 0 aliphatic carbocycles. The molecule has 0 spiro atoms. The van der Waals surface area contributed by atoms with E-state index in [-0.39, 0.29) is 24.3 Å². The summed E-state index contributed by atoms with van der Waals surface area (Å²) in [5, 5.41) is 0.897. The van der Waals surface area contributed by atoms with Crippen LogP contribution in [-0.2, 0) is 20.7 Å². The molecule has 0 fully saturated rings. The number of carbonyl (C=O) groups excluding carboxylic acids is 2. The van der Waals surface area contributed by atoms with Crippen LogP contribution in [0, 0.1) is 0 Å². The maximum absolute atomic E-state index is 12.5. The van der Waals surface area contributed by atoms with Crippen molar-refractivity contribution in [3.8, 4) is 0 Å². The number of thiazole rings is 1. The highest BCUT2D eigenvalue weighted by Gasteiger charge is 2.19. The van der Waals surface area contributed by atoms with E-state index in [9.17, 15) is 9.59 Å². The molecule has 2 heterocycles. The summed E-state index contributed by atoms with van der Waals surface area (Å²) in [5.41, 5.74) is 0.945. The fraction of sp³-hybridized carbons (Fsp3) is 0.286. The number of esters is 1. The van der Waals surface area contributed by atoms with Crippen LogP contribution in [-0.4, -0.2) is 35.9 Å². The Morgan fingerprint density at radius 3 is 2.82 bits per heavy atom. The number of ether oxygens (including phenoxy) is 1. The van der Waals surface area contributed by atoms with Crippen molar-refractivity contribution < 1.29 is 18.7 Å². The first-order valence-electron chi connectivity index (χ1n) is 8.94. The second kappa shape index (κ2) is 8.84. The Kier molecular flexibility index (Phi) is 6.26. The molecule has 0 aliphatic heterocycles. The standard InChI is InChI=1S/C21H22N2O4S/c1-14(21-22-17-6-4-5-7-18(17)28-21)23(2)19(24)12-10-15-8-9-16(27-15)11-13-20(25)26-3/h4-10,12,14H,11,13H2,1-3H3/b12-10+/t14-/m0/s1. The van der Waals surface area contributed by atoms with Crippen molar-refractivity contribution in [1.29, 1.82) is 0 Å². The molecule has 6 nitrogen and oxygen atoms in total. The molecule has 2 aromatic heterocycles. The molecule has 0 N–H and O–H groups in total. The van der Waals surface area contributed by atoms with Gasteiger partial charge in [0, 0.05) is 19.5 Å². The van der Waals surface area contributed by atoms with Gasteiger partial charge in [-0.2, -0.15) is 0 Å². The number of aromatic nitrogens is 1. The van der Waals surface area contributed by atoms with Gasteiger partial charge >= 0.3 is 5.97 Å². The summed E-state index contributed by atoms with van der Waals surface area (Å²) in [7, 11) is 3.11. The molecule has 1 aromatic carbocycles. The molecule has 0 aliphatic rings. The average Bonchev–Trinajstić information content (AvgIpc) is 3.35. The lowest BCUT2D eigenvalue weighted by Crippen LogP contribution is -2.27. The van der Waals surface area contributed by atoms with Crippen molar-refractivity contribution >= 4 is 39.5 Å². The third-order valence-corrected chi connectivity index (χ3v) is 5.68. The van der Waals surface area contributed by atoms with Crippen molar-refractivity contribution in [3.05, 3.63) is 59.0 Å². The summed E-state index contributed by atoms with van der Waals surface area (Å²) in [4.78, 5) is 30.0. The molecule has 3 aromatic rings. The van der Waals surface area contributed by atoms with Crippen LogP contribution in [0.2, 0.25) is 0 Å². The van der Waals surface area contributed by atoms with E-state index in [4.69, 9.17) is 4.42 Å². The fourth-order valence-corrected chi connectivity index (χ4v) is 3.70. The number of para-hydroxylation sites is 1. The zero-order valence-corrected chi connectivity index (χ0v) is 16.9. The Bertz CT molecular complexity index is 972. The molecule has 1 amide bonds. The molecule has 0 bridgehead atoms. The van der Waals surface area contributed by atoms with E-state index >= 15 is 0 Å². The molecule has 146 valence electrons. The van der Waals surface area contributed by atoms with Gasteiger partial charge in [0.15, 0.2) is 0 Å². The molecular formula is C21H22N2O4S. The number of nitrogens with zero attached hydrogens (tertiary/aromatic N) is 2. The number of amides is 1. The maximum Gasteiger partial charge on any atom is 0.305 e. The van der Waals surface area contributed by atoms with Crippen LogP contribution in [0.25, 0.3) is 16.3 Å². The number of aryl methyl sites for hydroxylation is 1. The van der Waals surface area contributed by atoms with Crippen LogP contribution in [0.4, 0.5) is 0 Å². The Morgan fingerprint density at radius 2 is 2.07 bits per heavy atom. The van der Waals surface area contributed by atoms with Gasteiger partial charge in [0.1, 0.15) is 16.5 Å². The average molecular weight is 398 g/mol. The second-order valence-electron chi connectivity index (χ2n) is 6.36. The van der Waals surface area contributed by atoms with Gasteiger partial charge in [0.05, 0.1) is 29.8 Å². The first-order chi connectivity index (χ1) is 13.5. The second-order valence-corrected chi connectivity index (χ2v) is 7.42. The van der Waals surface area contributed by atoms with Crippen molar-refractivity contribution in [1.82, 2.24) is 9.88 Å². The van der Waals surface area contributed by atoms with Crippen molar-refractivity contribution in [3.63, 3.8) is 0 Å². The highest BCUT2D eigenvalue weighted by molar-refractivity contribution is 7.18. The lowest BCUT2D eigenvalue weighted by atomic mass is 10.2. The highest BCUT2D eigenvalue weighted by Crippen LogP contribution is 2.29. The Morgan fingerprint density at radius 1 is 1.29 bits per heavy atom. The van der Waals surface area contributed by atoms with E-state index in [2.05, 4.69) is 9.72 Å². The summed E-state index contributed by atoms with van der Waals surface area (Å²) >= 11 is 1.59. The number of hydrogen-bond donors (Lipinski definition) is 0. The van der Waals surface area contributed by atoms with Gasteiger partial charge in [-0.1, -0.05) is 12.1 Å². The zero-order valence-electron chi connectivity index (χ0n) is 16.0. The van der Waals surface area contributed by atoms with Gasteiger partial charge in [-0.15, -0.1) is 11.3 Å². The summed E-state index contributed by atoms with van der Waals surface area (Å²) in [5.74, 6) is 0.816. The molecule has 0 unspecified atom stereocenters. The van der Waals surface area contributed by atoms with Gasteiger partial charge < -0.3 is 14.1 Å². The van der Waals surface area contributed by atoms with Crippen LogP contribution in [0.1, 0.15) is 35.9 Å². The molecule has 0 saturated carbocycles. The van der Waals surface area contributed by atoms with Crippen molar-refractivity contribution in [2.75, 3.05) is 14.2 Å². The third kappa shape index (κ3) is 4.67. The minimum atomic E-state index is -0.283. The monoisotopic (exact) mass is 398 g/mol. The summed E-state index contributed by atoms with van der Waals surface area (Å²) in [6.07, 6.45) is 3.83. The Labute approximate surface area is 167 Å². The number of benzene rings is 1. The van der Waals surface area contributed by atoms with Gasteiger partial charge in [-0.05, 0) is 37.3 Å². The van der Waals surface area contributed by atoms with Gasteiger partial charge in [-0.3, -0.25) is 9.59 Å². The van der Waals surface area contributed by atoms with E-state index < -0.39 is 0 Å². The minimum Gasteiger partial charge on any atom is -0.469 e. The van der Waals surface area contributed by atoms with E-state index in [1.165, 1.54) is 13.2 Å². The first kappa shape index (κ1) is 19.8. The number of rotatable bonds is 7. The smallest absolute Gasteiger partial charge is 0.305 e. The van der Waals surface area contributed by atoms with Gasteiger partial charge in [0.2, 0.25) is 5.91 Å². The number of carbonyl (C=O) groups is 2. The molecule has 3 rings (SSSR count). The predicted molar refractivity (Wildman–Crippen MR) is 109 cm³/mol. The number of methoxy groups -OCH3 is 1. The van der Waals surface area contributed by atoms with Crippen LogP contribution in [0.15, 0.2) is 46.9 Å². The summed E-state index contributed by atoms with van der Waals surface area (Å²) in [6.45, 7) is 1.96. The number of likely N-dealkylation sites (N-methyl/N-ethyl adjacent to an activating group) is 1. The Hall–Kier alpha value is -2.93. The summed E-state index contributed by atoms with van der Waals surface area (Å²) < 4.78 is 11.3.